The molecule has 21 heavy (non-hydrogen) atoms. The first-order valence-electron chi connectivity index (χ1n) is 6.96. The minimum Gasteiger partial charge on any atom is -0.408 e. The summed E-state index contributed by atoms with van der Waals surface area (Å²) in [6.45, 7) is 5.97. The monoisotopic (exact) mass is 279 g/mol. The van der Waals surface area contributed by atoms with Crippen LogP contribution in [0.15, 0.2) is 57.7 Å². The maximum absolute atomic E-state index is 12.0. The lowest BCUT2D eigenvalue weighted by molar-refractivity contribution is 0.467. The quantitative estimate of drug-likeness (QED) is 0.716. The van der Waals surface area contributed by atoms with Crippen LogP contribution in [0.1, 0.15) is 30.9 Å². The van der Waals surface area contributed by atoms with Gasteiger partial charge >= 0.3 is 5.63 Å². The molecule has 0 amide bonds. The van der Waals surface area contributed by atoms with Crippen molar-refractivity contribution >= 4 is 10.9 Å². The lowest BCUT2D eigenvalue weighted by Gasteiger charge is -2.26. The molecule has 0 atom stereocenters. The lowest BCUT2D eigenvalue weighted by atomic mass is 9.78. The third-order valence-electron chi connectivity index (χ3n) is 3.95. The Balaban J connectivity index is 2.20. The van der Waals surface area contributed by atoms with Gasteiger partial charge in [-0.05, 0) is 23.3 Å². The van der Waals surface area contributed by atoms with Gasteiger partial charge in [0.05, 0.1) is 10.9 Å². The molecule has 0 N–H and O–H groups in total. The van der Waals surface area contributed by atoms with Gasteiger partial charge in [-0.15, -0.1) is 0 Å². The number of fused-ring (bicyclic) bond motifs is 1. The van der Waals surface area contributed by atoms with E-state index < -0.39 is 0 Å². The van der Waals surface area contributed by atoms with Gasteiger partial charge in [-0.1, -0.05) is 50.2 Å². The molecular weight excluding hydrogens is 262 g/mol. The molecule has 0 spiro atoms. The Bertz CT molecular complexity index is 848. The van der Waals surface area contributed by atoms with Crippen LogP contribution in [0.4, 0.5) is 0 Å². The zero-order chi connectivity index (χ0) is 15.0. The summed E-state index contributed by atoms with van der Waals surface area (Å²) in [4.78, 5) is 16.3. The Morgan fingerprint density at radius 1 is 1.00 bits per heavy atom. The van der Waals surface area contributed by atoms with Crippen molar-refractivity contribution in [2.45, 2.75) is 26.2 Å². The number of nitrogens with zero attached hydrogens (tertiary/aromatic N) is 1. The average Bonchev–Trinajstić information content (AvgIpc) is 2.47. The molecule has 0 saturated heterocycles. The molecule has 0 aliphatic rings. The fraction of sp³-hybridized carbons (Fsp3) is 0.222. The Hall–Kier alpha value is -2.42. The highest BCUT2D eigenvalue weighted by Crippen LogP contribution is 2.32. The lowest BCUT2D eigenvalue weighted by Crippen LogP contribution is -2.19. The summed E-state index contributed by atoms with van der Waals surface area (Å²) >= 11 is 0. The highest BCUT2D eigenvalue weighted by molar-refractivity contribution is 5.78. The first-order valence-corrected chi connectivity index (χ1v) is 6.96. The van der Waals surface area contributed by atoms with E-state index in [1.54, 1.807) is 6.92 Å². The van der Waals surface area contributed by atoms with E-state index in [9.17, 15) is 4.79 Å². The van der Waals surface area contributed by atoms with Gasteiger partial charge in [-0.25, -0.2) is 9.78 Å². The zero-order valence-electron chi connectivity index (χ0n) is 12.4. The maximum Gasteiger partial charge on any atom is 0.346 e. The van der Waals surface area contributed by atoms with E-state index in [4.69, 9.17) is 4.42 Å². The Morgan fingerprint density at radius 2 is 1.71 bits per heavy atom. The normalized spacial score (nSPS) is 11.8. The Morgan fingerprint density at radius 3 is 2.43 bits per heavy atom. The second-order valence-electron chi connectivity index (χ2n) is 5.74. The number of benzene rings is 2. The van der Waals surface area contributed by atoms with Crippen molar-refractivity contribution in [1.82, 2.24) is 4.98 Å². The largest absolute Gasteiger partial charge is 0.408 e. The molecule has 0 fully saturated rings. The van der Waals surface area contributed by atoms with Crippen LogP contribution in [0.25, 0.3) is 10.9 Å². The molecular formula is C18H17NO2. The fourth-order valence-corrected chi connectivity index (χ4v) is 2.59. The van der Waals surface area contributed by atoms with E-state index >= 15 is 0 Å². The summed E-state index contributed by atoms with van der Waals surface area (Å²) in [5, 5.41) is 0.530. The van der Waals surface area contributed by atoms with Gasteiger partial charge in [-0.3, -0.25) is 0 Å². The SMILES string of the molecule is Cc1nc2ccc(C(C)(C)c3ccccc3)cc2c(=O)o1. The molecule has 0 aliphatic carbocycles. The standard InChI is InChI=1S/C18H17NO2/c1-12-19-16-10-9-14(11-15(16)17(20)21-12)18(2,3)13-7-5-4-6-8-13/h4-11H,1-3H3. The van der Waals surface area contributed by atoms with Crippen LogP contribution in [0, 0.1) is 6.92 Å². The minimum absolute atomic E-state index is 0.188. The topological polar surface area (TPSA) is 43.1 Å². The molecule has 0 saturated carbocycles. The van der Waals surface area contributed by atoms with Gasteiger partial charge in [0.25, 0.3) is 0 Å². The second kappa shape index (κ2) is 4.85. The molecule has 0 aliphatic heterocycles. The van der Waals surface area contributed by atoms with Crippen molar-refractivity contribution in [2.24, 2.45) is 0 Å². The molecule has 3 nitrogen and oxygen atoms in total. The van der Waals surface area contributed by atoms with Crippen LogP contribution < -0.4 is 5.63 Å². The van der Waals surface area contributed by atoms with Crippen LogP contribution in [0.3, 0.4) is 0 Å². The molecule has 2 aromatic carbocycles. The highest BCUT2D eigenvalue weighted by Gasteiger charge is 2.23. The van der Waals surface area contributed by atoms with Crippen LogP contribution in [-0.2, 0) is 5.41 Å². The van der Waals surface area contributed by atoms with E-state index in [-0.39, 0.29) is 11.0 Å². The average molecular weight is 279 g/mol. The second-order valence-corrected chi connectivity index (χ2v) is 5.74. The van der Waals surface area contributed by atoms with Gasteiger partial charge in [0, 0.05) is 12.3 Å². The van der Waals surface area contributed by atoms with Gasteiger partial charge < -0.3 is 4.42 Å². The number of hydrogen-bond donors (Lipinski definition) is 0. The van der Waals surface area contributed by atoms with Crippen molar-refractivity contribution in [3.63, 3.8) is 0 Å². The van der Waals surface area contributed by atoms with Gasteiger partial charge in [0.15, 0.2) is 5.89 Å². The predicted molar refractivity (Wildman–Crippen MR) is 83.6 cm³/mol. The summed E-state index contributed by atoms with van der Waals surface area (Å²) in [5.41, 5.74) is 2.43. The Kier molecular flexibility index (Phi) is 3.13. The van der Waals surface area contributed by atoms with Crippen molar-refractivity contribution < 1.29 is 4.42 Å². The molecule has 0 radical (unpaired) electrons. The summed E-state index contributed by atoms with van der Waals surface area (Å²) in [5.74, 6) is 0.391. The molecule has 3 heteroatoms. The summed E-state index contributed by atoms with van der Waals surface area (Å²) in [7, 11) is 0. The number of hydrogen-bond acceptors (Lipinski definition) is 3. The minimum atomic E-state index is -0.330. The molecule has 106 valence electrons. The fourth-order valence-electron chi connectivity index (χ4n) is 2.59. The third kappa shape index (κ3) is 2.35. The first kappa shape index (κ1) is 13.6. The van der Waals surface area contributed by atoms with E-state index in [1.165, 1.54) is 5.56 Å². The van der Waals surface area contributed by atoms with Crippen molar-refractivity contribution in [1.29, 1.82) is 0 Å². The van der Waals surface area contributed by atoms with Crippen LogP contribution >= 0.6 is 0 Å². The van der Waals surface area contributed by atoms with Crippen LogP contribution in [0.2, 0.25) is 0 Å². The zero-order valence-corrected chi connectivity index (χ0v) is 12.4. The smallest absolute Gasteiger partial charge is 0.346 e. The van der Waals surface area contributed by atoms with Gasteiger partial charge in [-0.2, -0.15) is 0 Å². The van der Waals surface area contributed by atoms with E-state index in [0.717, 1.165) is 5.56 Å². The maximum atomic E-state index is 12.0. The molecule has 3 rings (SSSR count). The summed E-state index contributed by atoms with van der Waals surface area (Å²) in [6, 6.07) is 16.1. The Labute approximate surface area is 123 Å². The number of aryl methyl sites for hydroxylation is 1. The molecule has 0 bridgehead atoms. The van der Waals surface area contributed by atoms with Crippen molar-refractivity contribution in [3.8, 4) is 0 Å². The summed E-state index contributed by atoms with van der Waals surface area (Å²) in [6.07, 6.45) is 0. The highest BCUT2D eigenvalue weighted by atomic mass is 16.4. The summed E-state index contributed by atoms with van der Waals surface area (Å²) < 4.78 is 5.10. The predicted octanol–water partition coefficient (Wildman–Crippen LogP) is 3.82. The van der Waals surface area contributed by atoms with E-state index in [1.807, 2.05) is 36.4 Å². The van der Waals surface area contributed by atoms with E-state index in [2.05, 4.69) is 31.0 Å². The number of aromatic nitrogens is 1. The first-order chi connectivity index (χ1) is 9.98. The molecule has 1 aromatic heterocycles. The molecule has 0 unspecified atom stereocenters. The number of rotatable bonds is 2. The van der Waals surface area contributed by atoms with Crippen LogP contribution in [0.5, 0.6) is 0 Å². The van der Waals surface area contributed by atoms with Crippen LogP contribution in [-0.4, -0.2) is 4.98 Å². The van der Waals surface area contributed by atoms with Gasteiger partial charge in [0.1, 0.15) is 0 Å². The third-order valence-corrected chi connectivity index (χ3v) is 3.95. The molecule has 1 heterocycles. The van der Waals surface area contributed by atoms with Gasteiger partial charge in [0.2, 0.25) is 0 Å². The van der Waals surface area contributed by atoms with Crippen molar-refractivity contribution in [3.05, 3.63) is 76.0 Å². The van der Waals surface area contributed by atoms with Crippen molar-refractivity contribution in [2.75, 3.05) is 0 Å². The molecule has 3 aromatic rings. The van der Waals surface area contributed by atoms with E-state index in [0.29, 0.717) is 16.8 Å².